The summed E-state index contributed by atoms with van der Waals surface area (Å²) in [6.07, 6.45) is 0.188. The first-order valence-corrected chi connectivity index (χ1v) is 5.90. The fourth-order valence-electron chi connectivity index (χ4n) is 0.896. The van der Waals surface area contributed by atoms with Gasteiger partial charge in [0.2, 0.25) is 0 Å². The molecule has 0 aliphatic rings. The second-order valence-corrected chi connectivity index (χ2v) is 5.19. The van der Waals surface area contributed by atoms with Crippen LogP contribution in [-0.2, 0) is 14.9 Å². The quantitative estimate of drug-likeness (QED) is 0.605. The van der Waals surface area contributed by atoms with Gasteiger partial charge in [0.25, 0.3) is 10.2 Å². The molecular weight excluding hydrogens is 218 g/mol. The first kappa shape index (κ1) is 14.3. The van der Waals surface area contributed by atoms with E-state index in [1.807, 2.05) is 6.07 Å². The molecule has 0 aromatic heterocycles. The molecule has 0 saturated carbocycles. The Balaban J connectivity index is 4.33. The normalized spacial score (nSPS) is 12.0. The lowest BCUT2D eigenvalue weighted by Gasteiger charge is -2.23. The SMILES string of the molecule is COCCN(C)S(=O)(=O)N(C)CCC#N. The molecule has 0 spiro atoms. The van der Waals surface area contributed by atoms with Crippen molar-refractivity contribution in [3.05, 3.63) is 0 Å². The fraction of sp³-hybridized carbons (Fsp3) is 0.875. The van der Waals surface area contributed by atoms with Gasteiger partial charge < -0.3 is 4.74 Å². The van der Waals surface area contributed by atoms with E-state index in [1.165, 1.54) is 25.5 Å². The van der Waals surface area contributed by atoms with E-state index >= 15 is 0 Å². The van der Waals surface area contributed by atoms with Crippen molar-refractivity contribution < 1.29 is 13.2 Å². The predicted molar refractivity (Wildman–Crippen MR) is 56.3 cm³/mol. The molecule has 0 atom stereocenters. The Bertz CT molecular complexity index is 310. The molecule has 0 aromatic carbocycles. The molecule has 0 fully saturated rings. The van der Waals surface area contributed by atoms with Crippen LogP contribution in [0.4, 0.5) is 0 Å². The zero-order valence-corrected chi connectivity index (χ0v) is 10.1. The number of ether oxygens (including phenoxy) is 1. The van der Waals surface area contributed by atoms with Gasteiger partial charge >= 0.3 is 0 Å². The Hall–Kier alpha value is -0.680. The molecule has 0 N–H and O–H groups in total. The monoisotopic (exact) mass is 235 g/mol. The Morgan fingerprint density at radius 2 is 1.80 bits per heavy atom. The topological polar surface area (TPSA) is 73.6 Å². The van der Waals surface area contributed by atoms with Crippen molar-refractivity contribution >= 4 is 10.2 Å². The zero-order valence-electron chi connectivity index (χ0n) is 9.30. The summed E-state index contributed by atoms with van der Waals surface area (Å²) in [5.41, 5.74) is 0. The maximum atomic E-state index is 11.7. The van der Waals surface area contributed by atoms with E-state index in [2.05, 4.69) is 0 Å². The van der Waals surface area contributed by atoms with Gasteiger partial charge in [0.1, 0.15) is 0 Å². The third-order valence-corrected chi connectivity index (χ3v) is 3.88. The van der Waals surface area contributed by atoms with Gasteiger partial charge in [0.15, 0.2) is 0 Å². The molecule has 0 rings (SSSR count). The summed E-state index contributed by atoms with van der Waals surface area (Å²) >= 11 is 0. The van der Waals surface area contributed by atoms with E-state index in [4.69, 9.17) is 10.00 Å². The number of nitriles is 1. The largest absolute Gasteiger partial charge is 0.383 e. The van der Waals surface area contributed by atoms with Gasteiger partial charge in [-0.3, -0.25) is 0 Å². The van der Waals surface area contributed by atoms with Gasteiger partial charge in [0, 0.05) is 40.7 Å². The highest BCUT2D eigenvalue weighted by atomic mass is 32.2. The zero-order chi connectivity index (χ0) is 11.9. The molecule has 0 aliphatic heterocycles. The molecular formula is C8H17N3O3S. The van der Waals surface area contributed by atoms with Gasteiger partial charge in [-0.05, 0) is 0 Å². The van der Waals surface area contributed by atoms with Crippen molar-refractivity contribution in [3.63, 3.8) is 0 Å². The number of likely N-dealkylation sites (N-methyl/N-ethyl adjacent to an activating group) is 1. The highest BCUT2D eigenvalue weighted by Crippen LogP contribution is 2.03. The summed E-state index contributed by atoms with van der Waals surface area (Å²) in [5.74, 6) is 0. The lowest BCUT2D eigenvalue weighted by molar-refractivity contribution is 0.183. The summed E-state index contributed by atoms with van der Waals surface area (Å²) in [5, 5.41) is 8.36. The van der Waals surface area contributed by atoms with Crippen molar-refractivity contribution in [3.8, 4) is 6.07 Å². The molecule has 88 valence electrons. The van der Waals surface area contributed by atoms with Crippen molar-refractivity contribution in [1.29, 1.82) is 5.26 Å². The smallest absolute Gasteiger partial charge is 0.281 e. The van der Waals surface area contributed by atoms with Crippen LogP contribution in [0.1, 0.15) is 6.42 Å². The van der Waals surface area contributed by atoms with E-state index in [-0.39, 0.29) is 13.0 Å². The van der Waals surface area contributed by atoms with E-state index in [9.17, 15) is 8.42 Å². The molecule has 15 heavy (non-hydrogen) atoms. The third kappa shape index (κ3) is 4.57. The number of hydrogen-bond acceptors (Lipinski definition) is 4. The van der Waals surface area contributed by atoms with Crippen molar-refractivity contribution in [2.75, 3.05) is 40.9 Å². The predicted octanol–water partition coefficient (Wildman–Crippen LogP) is -0.345. The first-order valence-electron chi connectivity index (χ1n) is 4.50. The summed E-state index contributed by atoms with van der Waals surface area (Å²) in [4.78, 5) is 0. The second-order valence-electron chi connectivity index (χ2n) is 3.05. The van der Waals surface area contributed by atoms with Crippen LogP contribution < -0.4 is 0 Å². The highest BCUT2D eigenvalue weighted by Gasteiger charge is 2.22. The maximum Gasteiger partial charge on any atom is 0.281 e. The number of hydrogen-bond donors (Lipinski definition) is 0. The molecule has 0 unspecified atom stereocenters. The van der Waals surface area contributed by atoms with Crippen LogP contribution in [0.3, 0.4) is 0 Å². The van der Waals surface area contributed by atoms with Gasteiger partial charge in [-0.2, -0.15) is 22.3 Å². The van der Waals surface area contributed by atoms with Crippen LogP contribution in [-0.4, -0.2) is 57.9 Å². The van der Waals surface area contributed by atoms with Gasteiger partial charge in [-0.25, -0.2) is 0 Å². The first-order chi connectivity index (χ1) is 6.96. The van der Waals surface area contributed by atoms with Crippen LogP contribution in [0, 0.1) is 11.3 Å². The summed E-state index contributed by atoms with van der Waals surface area (Å²) in [7, 11) is 1.00. The van der Waals surface area contributed by atoms with E-state index in [0.717, 1.165) is 4.31 Å². The van der Waals surface area contributed by atoms with Crippen molar-refractivity contribution in [2.45, 2.75) is 6.42 Å². The number of methoxy groups -OCH3 is 1. The Kier molecular flexibility index (Phi) is 6.43. The lowest BCUT2D eigenvalue weighted by Crippen LogP contribution is -2.41. The Morgan fingerprint density at radius 3 is 2.27 bits per heavy atom. The van der Waals surface area contributed by atoms with Gasteiger partial charge in [-0.15, -0.1) is 0 Å². The van der Waals surface area contributed by atoms with Gasteiger partial charge in [0.05, 0.1) is 12.7 Å². The Morgan fingerprint density at radius 1 is 1.27 bits per heavy atom. The summed E-state index contributed by atoms with van der Waals surface area (Å²) in [6, 6.07) is 1.90. The summed E-state index contributed by atoms with van der Waals surface area (Å²) < 4.78 is 30.6. The molecule has 7 heteroatoms. The average molecular weight is 235 g/mol. The second kappa shape index (κ2) is 6.74. The minimum Gasteiger partial charge on any atom is -0.383 e. The van der Waals surface area contributed by atoms with E-state index < -0.39 is 10.2 Å². The highest BCUT2D eigenvalue weighted by molar-refractivity contribution is 7.86. The van der Waals surface area contributed by atoms with Crippen LogP contribution in [0.2, 0.25) is 0 Å². The minimum absolute atomic E-state index is 0.188. The van der Waals surface area contributed by atoms with Crippen LogP contribution in [0.5, 0.6) is 0 Å². The number of nitrogens with zero attached hydrogens (tertiary/aromatic N) is 3. The molecule has 0 heterocycles. The number of rotatable bonds is 7. The molecule has 0 bridgehead atoms. The molecule has 0 aromatic rings. The van der Waals surface area contributed by atoms with Crippen LogP contribution in [0.25, 0.3) is 0 Å². The molecule has 0 radical (unpaired) electrons. The molecule has 0 saturated heterocycles. The average Bonchev–Trinajstić information content (AvgIpc) is 2.21. The molecule has 0 aliphatic carbocycles. The standard InChI is InChI=1S/C8H17N3O3S/c1-10(6-4-5-9)15(12,13)11(2)7-8-14-3/h4,6-8H2,1-3H3. The Labute approximate surface area is 91.2 Å². The minimum atomic E-state index is -3.45. The van der Waals surface area contributed by atoms with Gasteiger partial charge in [-0.1, -0.05) is 0 Å². The van der Waals surface area contributed by atoms with Crippen LogP contribution >= 0.6 is 0 Å². The van der Waals surface area contributed by atoms with Crippen molar-refractivity contribution in [2.24, 2.45) is 0 Å². The maximum absolute atomic E-state index is 11.7. The van der Waals surface area contributed by atoms with E-state index in [0.29, 0.717) is 13.2 Å². The van der Waals surface area contributed by atoms with Crippen molar-refractivity contribution in [1.82, 2.24) is 8.61 Å². The summed E-state index contributed by atoms with van der Waals surface area (Å²) in [6.45, 7) is 0.855. The molecule has 0 amide bonds. The third-order valence-electron chi connectivity index (χ3n) is 1.94. The fourth-order valence-corrected chi connectivity index (χ4v) is 2.00. The van der Waals surface area contributed by atoms with E-state index in [1.54, 1.807) is 0 Å². The molecule has 6 nitrogen and oxygen atoms in total. The van der Waals surface area contributed by atoms with Crippen LogP contribution in [0.15, 0.2) is 0 Å². The lowest BCUT2D eigenvalue weighted by atomic mass is 10.5.